The van der Waals surface area contributed by atoms with Gasteiger partial charge in [0.05, 0.1) is 0 Å². The van der Waals surface area contributed by atoms with Gasteiger partial charge in [-0.3, -0.25) is 4.98 Å². The normalized spacial score (nSPS) is 11.2. The van der Waals surface area contributed by atoms with E-state index in [2.05, 4.69) is 15.3 Å². The first kappa shape index (κ1) is 13.1. The van der Waals surface area contributed by atoms with E-state index in [9.17, 15) is 18.4 Å². The molecule has 5 nitrogen and oxygen atoms in total. The number of nitrogens with zero attached hydrogens (tertiary/aromatic N) is 2. The highest BCUT2D eigenvalue weighted by molar-refractivity contribution is 5.60. The van der Waals surface area contributed by atoms with Crippen LogP contribution in [0.1, 0.15) is 5.69 Å². The van der Waals surface area contributed by atoms with Crippen LogP contribution < -0.4 is 10.8 Å². The molecule has 0 spiro atoms. The molecule has 0 saturated heterocycles. The highest BCUT2D eigenvalue weighted by Gasteiger charge is 2.32. The van der Waals surface area contributed by atoms with Crippen molar-refractivity contribution in [2.45, 2.75) is 6.18 Å². The van der Waals surface area contributed by atoms with Crippen LogP contribution in [0.4, 0.5) is 30.4 Å². The number of pyridine rings is 2. The lowest BCUT2D eigenvalue weighted by molar-refractivity contribution is -0.141. The zero-order valence-electron chi connectivity index (χ0n) is 9.40. The topological polar surface area (TPSA) is 72.9 Å². The van der Waals surface area contributed by atoms with E-state index in [1.807, 2.05) is 0 Å². The molecule has 0 aliphatic carbocycles. The summed E-state index contributed by atoms with van der Waals surface area (Å²) in [5, 5.41) is 13.1. The highest BCUT2D eigenvalue weighted by atomic mass is 19.4. The molecule has 100 valence electrons. The Hall–Kier alpha value is -2.35. The average molecular weight is 269 g/mol. The first-order chi connectivity index (χ1) is 8.99. The van der Waals surface area contributed by atoms with Gasteiger partial charge < -0.3 is 16.0 Å². The molecule has 0 amide bonds. The summed E-state index contributed by atoms with van der Waals surface area (Å²) in [6.07, 6.45) is -2.11. The maximum absolute atomic E-state index is 12.5. The molecule has 0 unspecified atom stereocenters. The fourth-order valence-corrected chi connectivity index (χ4v) is 1.37. The quantitative estimate of drug-likeness (QED) is 0.837. The molecule has 0 bridgehead atoms. The van der Waals surface area contributed by atoms with Crippen LogP contribution in [0.5, 0.6) is 0 Å². The third-order valence-electron chi connectivity index (χ3n) is 2.20. The van der Waals surface area contributed by atoms with Gasteiger partial charge in [-0.15, -0.1) is 0 Å². The van der Waals surface area contributed by atoms with E-state index >= 15 is 0 Å². The Kier molecular flexibility index (Phi) is 3.52. The van der Waals surface area contributed by atoms with Gasteiger partial charge in [0.2, 0.25) is 0 Å². The average Bonchev–Trinajstić information content (AvgIpc) is 2.38. The predicted molar refractivity (Wildman–Crippen MR) is 63.7 cm³/mol. The van der Waals surface area contributed by atoms with Crippen molar-refractivity contribution in [1.82, 2.24) is 9.97 Å². The van der Waals surface area contributed by atoms with Crippen LogP contribution in [0, 0.1) is 5.21 Å². The van der Waals surface area contributed by atoms with E-state index in [-0.39, 0.29) is 17.2 Å². The van der Waals surface area contributed by atoms with Crippen LogP contribution in [-0.4, -0.2) is 9.97 Å². The SMILES string of the molecule is [O-]Nc1ccnc(Nc2ccnc(C(F)(F)F)c2)c1. The van der Waals surface area contributed by atoms with E-state index in [1.54, 1.807) is 5.48 Å². The Morgan fingerprint density at radius 2 is 1.68 bits per heavy atom. The number of rotatable bonds is 3. The van der Waals surface area contributed by atoms with Crippen molar-refractivity contribution in [1.29, 1.82) is 0 Å². The highest BCUT2D eigenvalue weighted by Crippen LogP contribution is 2.29. The first-order valence-electron chi connectivity index (χ1n) is 5.13. The lowest BCUT2D eigenvalue weighted by atomic mass is 10.3. The van der Waals surface area contributed by atoms with Gasteiger partial charge >= 0.3 is 6.18 Å². The summed E-state index contributed by atoms with van der Waals surface area (Å²) in [4.78, 5) is 7.12. The molecule has 2 aromatic heterocycles. The van der Waals surface area contributed by atoms with Crippen LogP contribution >= 0.6 is 0 Å². The lowest BCUT2D eigenvalue weighted by Crippen LogP contribution is -2.08. The molecule has 0 fully saturated rings. The van der Waals surface area contributed by atoms with Crippen LogP contribution in [-0.2, 0) is 6.18 Å². The number of aromatic nitrogens is 2. The van der Waals surface area contributed by atoms with Gasteiger partial charge in [0, 0.05) is 29.8 Å². The molecule has 19 heavy (non-hydrogen) atoms. The van der Waals surface area contributed by atoms with E-state index < -0.39 is 11.9 Å². The minimum absolute atomic E-state index is 0.179. The van der Waals surface area contributed by atoms with E-state index in [1.165, 1.54) is 24.4 Å². The van der Waals surface area contributed by atoms with Crippen molar-refractivity contribution >= 4 is 17.2 Å². The molecule has 8 heteroatoms. The molecule has 2 rings (SSSR count). The van der Waals surface area contributed by atoms with Gasteiger partial charge in [-0.05, 0) is 18.2 Å². The third-order valence-corrected chi connectivity index (χ3v) is 2.20. The van der Waals surface area contributed by atoms with Crippen LogP contribution in [0.15, 0.2) is 36.7 Å². The van der Waals surface area contributed by atoms with Crippen LogP contribution in [0.25, 0.3) is 0 Å². The van der Waals surface area contributed by atoms with Gasteiger partial charge in [-0.25, -0.2) is 4.98 Å². The Morgan fingerprint density at radius 3 is 2.37 bits per heavy atom. The van der Waals surface area contributed by atoms with Crippen molar-refractivity contribution in [3.05, 3.63) is 47.6 Å². The van der Waals surface area contributed by atoms with Gasteiger partial charge in [0.15, 0.2) is 0 Å². The number of halogens is 3. The zero-order valence-corrected chi connectivity index (χ0v) is 9.40. The molecule has 0 aromatic carbocycles. The molecule has 2 heterocycles. The smallest absolute Gasteiger partial charge is 0.433 e. The number of nitrogens with one attached hydrogen (secondary N) is 2. The van der Waals surface area contributed by atoms with Crippen molar-refractivity contribution in [3.63, 3.8) is 0 Å². The molecule has 0 aliphatic rings. The van der Waals surface area contributed by atoms with Crippen LogP contribution in [0.2, 0.25) is 0 Å². The lowest BCUT2D eigenvalue weighted by Gasteiger charge is -2.12. The molecular weight excluding hydrogens is 261 g/mol. The van der Waals surface area contributed by atoms with Gasteiger partial charge in [-0.2, -0.15) is 13.2 Å². The van der Waals surface area contributed by atoms with Gasteiger partial charge in [0.25, 0.3) is 0 Å². The van der Waals surface area contributed by atoms with Gasteiger partial charge in [0.1, 0.15) is 11.5 Å². The van der Waals surface area contributed by atoms with Crippen molar-refractivity contribution in [2.75, 3.05) is 10.8 Å². The number of alkyl halides is 3. The fourth-order valence-electron chi connectivity index (χ4n) is 1.37. The molecular formula is C11H8F3N4O-. The Labute approximate surface area is 106 Å². The number of anilines is 3. The minimum atomic E-state index is -4.51. The largest absolute Gasteiger partial charge is 0.761 e. The molecule has 0 aliphatic heterocycles. The van der Waals surface area contributed by atoms with Crippen molar-refractivity contribution in [2.24, 2.45) is 0 Å². The summed E-state index contributed by atoms with van der Waals surface area (Å²) in [7, 11) is 0. The maximum Gasteiger partial charge on any atom is 0.433 e. The summed E-state index contributed by atoms with van der Waals surface area (Å²) in [5.74, 6) is 0.250. The summed E-state index contributed by atoms with van der Waals surface area (Å²) in [6.45, 7) is 0. The maximum atomic E-state index is 12.5. The second-order valence-electron chi connectivity index (χ2n) is 3.58. The summed E-state index contributed by atoms with van der Waals surface area (Å²) >= 11 is 0. The molecule has 2 N–H and O–H groups in total. The predicted octanol–water partition coefficient (Wildman–Crippen LogP) is 3.15. The monoisotopic (exact) mass is 269 g/mol. The zero-order chi connectivity index (χ0) is 13.9. The van der Waals surface area contributed by atoms with E-state index in [4.69, 9.17) is 0 Å². The Balaban J connectivity index is 2.23. The van der Waals surface area contributed by atoms with Crippen LogP contribution in [0.3, 0.4) is 0 Å². The fraction of sp³-hybridized carbons (Fsp3) is 0.0909. The Bertz CT molecular complexity index is 574. The van der Waals surface area contributed by atoms with E-state index in [0.717, 1.165) is 12.3 Å². The molecule has 0 saturated carbocycles. The van der Waals surface area contributed by atoms with E-state index in [0.29, 0.717) is 0 Å². The summed E-state index contributed by atoms with van der Waals surface area (Å²) in [6, 6.07) is 5.04. The molecule has 0 atom stereocenters. The molecule has 2 aromatic rings. The number of hydrogen-bond donors (Lipinski definition) is 2. The second-order valence-corrected chi connectivity index (χ2v) is 3.58. The number of hydrogen-bond acceptors (Lipinski definition) is 5. The minimum Gasteiger partial charge on any atom is -0.761 e. The first-order valence-corrected chi connectivity index (χ1v) is 5.13. The standard InChI is InChI=1S/C11H8F3N4O/c12-11(13,14)9-5-7(1-3-15-9)17-10-6-8(18-19)2-4-16-10/h1-6H,(H2-,15,16,17,18,19)/q-1. The Morgan fingerprint density at radius 1 is 1.00 bits per heavy atom. The molecule has 0 radical (unpaired) electrons. The summed E-state index contributed by atoms with van der Waals surface area (Å²) in [5.41, 5.74) is 1.09. The van der Waals surface area contributed by atoms with Gasteiger partial charge in [-0.1, -0.05) is 0 Å². The summed E-state index contributed by atoms with van der Waals surface area (Å²) < 4.78 is 37.4. The van der Waals surface area contributed by atoms with Crippen molar-refractivity contribution in [3.8, 4) is 0 Å². The van der Waals surface area contributed by atoms with Crippen molar-refractivity contribution < 1.29 is 13.2 Å². The third kappa shape index (κ3) is 3.32. The second kappa shape index (κ2) is 5.11.